The molecule has 2 aromatic carbocycles. The van der Waals surface area contributed by atoms with E-state index in [1.54, 1.807) is 0 Å². The van der Waals surface area contributed by atoms with Crippen LogP contribution < -0.4 is 14.4 Å². The van der Waals surface area contributed by atoms with E-state index in [2.05, 4.69) is 5.32 Å². The summed E-state index contributed by atoms with van der Waals surface area (Å²) in [5.41, 5.74) is 1.56. The maximum Gasteiger partial charge on any atom is 0.232 e. The third kappa shape index (κ3) is 8.02. The van der Waals surface area contributed by atoms with Crippen molar-refractivity contribution in [3.05, 3.63) is 59.9 Å². The average molecular weight is 437 g/mol. The molecule has 8 heteroatoms. The van der Waals surface area contributed by atoms with Gasteiger partial charge in [0.25, 0.3) is 0 Å². The number of rotatable bonds is 12. The lowest BCUT2D eigenvalue weighted by Crippen LogP contribution is -2.32. The standard InChI is InChI=1S/C22H29FN2O4S/c1-3-29-21-14-8-18(9-15-21)6-4-16-24-22(26)7-5-17-25(30(2,27)28)20-12-10-19(23)11-13-20/h8-15H,3-7,16-17H2,1-2H3,(H,24,26). The van der Waals surface area contributed by atoms with Crippen LogP contribution in [0, 0.1) is 5.82 Å². The van der Waals surface area contributed by atoms with Gasteiger partial charge in [-0.1, -0.05) is 12.1 Å². The smallest absolute Gasteiger partial charge is 0.232 e. The molecule has 30 heavy (non-hydrogen) atoms. The summed E-state index contributed by atoms with van der Waals surface area (Å²) in [5.74, 6) is 0.296. The van der Waals surface area contributed by atoms with Crippen molar-refractivity contribution >= 4 is 21.6 Å². The number of halogens is 1. The Balaban J connectivity index is 1.71. The summed E-state index contributed by atoms with van der Waals surface area (Å²) < 4.78 is 43.7. The Labute approximate surface area is 178 Å². The minimum Gasteiger partial charge on any atom is -0.494 e. The number of benzene rings is 2. The molecule has 0 fully saturated rings. The second kappa shape index (κ2) is 11.5. The third-order valence-electron chi connectivity index (χ3n) is 4.48. The summed E-state index contributed by atoms with van der Waals surface area (Å²) in [5, 5.41) is 2.86. The first-order valence-corrected chi connectivity index (χ1v) is 11.9. The van der Waals surface area contributed by atoms with Crippen molar-refractivity contribution in [2.45, 2.75) is 32.6 Å². The Morgan fingerprint density at radius 1 is 1.07 bits per heavy atom. The lowest BCUT2D eigenvalue weighted by atomic mass is 10.1. The highest BCUT2D eigenvalue weighted by atomic mass is 32.2. The van der Waals surface area contributed by atoms with Crippen molar-refractivity contribution < 1.29 is 22.3 Å². The number of anilines is 1. The fourth-order valence-corrected chi connectivity index (χ4v) is 3.97. The molecule has 0 aliphatic rings. The number of carbonyl (C=O) groups excluding carboxylic acids is 1. The Hall–Kier alpha value is -2.61. The highest BCUT2D eigenvalue weighted by molar-refractivity contribution is 7.92. The maximum absolute atomic E-state index is 13.1. The molecule has 164 valence electrons. The minimum absolute atomic E-state index is 0.116. The van der Waals surface area contributed by atoms with Gasteiger partial charge < -0.3 is 10.1 Å². The molecule has 6 nitrogen and oxygen atoms in total. The van der Waals surface area contributed by atoms with Gasteiger partial charge in [-0.2, -0.15) is 0 Å². The maximum atomic E-state index is 13.1. The molecule has 1 amide bonds. The highest BCUT2D eigenvalue weighted by Crippen LogP contribution is 2.18. The van der Waals surface area contributed by atoms with Gasteiger partial charge in [0, 0.05) is 19.5 Å². The van der Waals surface area contributed by atoms with Gasteiger partial charge in [-0.05, 0) is 68.1 Å². The van der Waals surface area contributed by atoms with Crippen LogP contribution in [0.3, 0.4) is 0 Å². The molecule has 0 saturated heterocycles. The second-order valence-electron chi connectivity index (χ2n) is 6.95. The number of hydrogen-bond donors (Lipinski definition) is 1. The van der Waals surface area contributed by atoms with Crippen molar-refractivity contribution in [3.63, 3.8) is 0 Å². The molecule has 0 bridgehead atoms. The zero-order valence-electron chi connectivity index (χ0n) is 17.4. The largest absolute Gasteiger partial charge is 0.494 e. The van der Waals surface area contributed by atoms with Gasteiger partial charge in [0.05, 0.1) is 18.6 Å². The Morgan fingerprint density at radius 3 is 2.33 bits per heavy atom. The van der Waals surface area contributed by atoms with Crippen LogP contribution in [-0.4, -0.2) is 40.3 Å². The van der Waals surface area contributed by atoms with E-state index in [0.29, 0.717) is 25.3 Å². The van der Waals surface area contributed by atoms with E-state index >= 15 is 0 Å². The van der Waals surface area contributed by atoms with Crippen LogP contribution in [0.15, 0.2) is 48.5 Å². The average Bonchev–Trinajstić information content (AvgIpc) is 2.70. The summed E-state index contributed by atoms with van der Waals surface area (Å²) in [7, 11) is -3.52. The normalized spacial score (nSPS) is 11.2. The molecular formula is C22H29FN2O4S. The van der Waals surface area contributed by atoms with E-state index in [1.807, 2.05) is 31.2 Å². The Bertz CT molecular complexity index is 900. The van der Waals surface area contributed by atoms with Crippen LogP contribution in [0.1, 0.15) is 31.7 Å². The Kier molecular flexibility index (Phi) is 9.11. The first-order chi connectivity index (χ1) is 14.3. The lowest BCUT2D eigenvalue weighted by molar-refractivity contribution is -0.121. The molecule has 0 heterocycles. The van der Waals surface area contributed by atoms with E-state index < -0.39 is 15.8 Å². The van der Waals surface area contributed by atoms with Crippen molar-refractivity contribution in [1.29, 1.82) is 0 Å². The van der Waals surface area contributed by atoms with Crippen LogP contribution in [0.25, 0.3) is 0 Å². The molecule has 0 aliphatic carbocycles. The molecule has 0 unspecified atom stereocenters. The predicted octanol–water partition coefficient (Wildman–Crippen LogP) is 3.52. The molecule has 0 spiro atoms. The first kappa shape index (κ1) is 23.7. The molecule has 2 aromatic rings. The minimum atomic E-state index is -3.52. The number of carbonyl (C=O) groups is 1. The Morgan fingerprint density at radius 2 is 1.73 bits per heavy atom. The van der Waals surface area contributed by atoms with Crippen LogP contribution in [0.5, 0.6) is 5.75 Å². The summed E-state index contributed by atoms with van der Waals surface area (Å²) >= 11 is 0. The van der Waals surface area contributed by atoms with Gasteiger partial charge in [-0.3, -0.25) is 9.10 Å². The summed E-state index contributed by atoms with van der Waals surface area (Å²) in [6.07, 6.45) is 3.34. The van der Waals surface area contributed by atoms with Gasteiger partial charge in [0.1, 0.15) is 11.6 Å². The summed E-state index contributed by atoms with van der Waals surface area (Å²) in [6, 6.07) is 13.2. The first-order valence-electron chi connectivity index (χ1n) is 10.0. The van der Waals surface area contributed by atoms with Crippen molar-refractivity contribution in [2.24, 2.45) is 0 Å². The monoisotopic (exact) mass is 436 g/mol. The van der Waals surface area contributed by atoms with E-state index in [-0.39, 0.29) is 18.9 Å². The molecule has 0 aliphatic heterocycles. The topological polar surface area (TPSA) is 75.7 Å². The quantitative estimate of drug-likeness (QED) is 0.517. The number of hydrogen-bond acceptors (Lipinski definition) is 4. The van der Waals surface area contributed by atoms with Gasteiger partial charge in [0.15, 0.2) is 0 Å². The zero-order valence-corrected chi connectivity index (χ0v) is 18.3. The van der Waals surface area contributed by atoms with Crippen LogP contribution in [0.2, 0.25) is 0 Å². The number of nitrogens with one attached hydrogen (secondary N) is 1. The van der Waals surface area contributed by atoms with E-state index in [4.69, 9.17) is 4.74 Å². The van der Waals surface area contributed by atoms with Crippen molar-refractivity contribution in [3.8, 4) is 5.75 Å². The number of nitrogens with zero attached hydrogens (tertiary/aromatic N) is 1. The van der Waals surface area contributed by atoms with Crippen LogP contribution in [0.4, 0.5) is 10.1 Å². The zero-order chi connectivity index (χ0) is 22.0. The number of aryl methyl sites for hydroxylation is 1. The fraction of sp³-hybridized carbons (Fsp3) is 0.409. The molecule has 0 radical (unpaired) electrons. The second-order valence-corrected chi connectivity index (χ2v) is 8.85. The summed E-state index contributed by atoms with van der Waals surface area (Å²) in [6.45, 7) is 3.29. The number of amides is 1. The number of ether oxygens (including phenoxy) is 1. The molecule has 0 atom stereocenters. The van der Waals surface area contributed by atoms with E-state index in [1.165, 1.54) is 34.1 Å². The molecule has 2 rings (SSSR count). The van der Waals surface area contributed by atoms with Crippen molar-refractivity contribution in [2.75, 3.05) is 30.3 Å². The van der Waals surface area contributed by atoms with E-state index in [9.17, 15) is 17.6 Å². The third-order valence-corrected chi connectivity index (χ3v) is 5.67. The van der Waals surface area contributed by atoms with Gasteiger partial charge >= 0.3 is 0 Å². The molecule has 0 saturated carbocycles. The predicted molar refractivity (Wildman–Crippen MR) is 117 cm³/mol. The van der Waals surface area contributed by atoms with Crippen molar-refractivity contribution in [1.82, 2.24) is 5.32 Å². The lowest BCUT2D eigenvalue weighted by Gasteiger charge is -2.22. The highest BCUT2D eigenvalue weighted by Gasteiger charge is 2.17. The molecule has 0 aromatic heterocycles. The fourth-order valence-electron chi connectivity index (χ4n) is 3.00. The van der Waals surface area contributed by atoms with E-state index in [0.717, 1.165) is 24.8 Å². The van der Waals surface area contributed by atoms with Gasteiger partial charge in [-0.15, -0.1) is 0 Å². The van der Waals surface area contributed by atoms with Crippen LogP contribution in [-0.2, 0) is 21.2 Å². The van der Waals surface area contributed by atoms with Gasteiger partial charge in [0.2, 0.25) is 15.9 Å². The summed E-state index contributed by atoms with van der Waals surface area (Å²) in [4.78, 5) is 12.0. The molecular weight excluding hydrogens is 407 g/mol. The molecule has 1 N–H and O–H groups in total. The van der Waals surface area contributed by atoms with Gasteiger partial charge in [-0.25, -0.2) is 12.8 Å². The SMILES string of the molecule is CCOc1ccc(CCCNC(=O)CCCN(c2ccc(F)cc2)S(C)(=O)=O)cc1. The number of sulfonamides is 1. The van der Waals surface area contributed by atoms with Crippen LogP contribution >= 0.6 is 0 Å².